The smallest absolute Gasteiger partial charge is 0.414 e. The molecule has 0 saturated carbocycles. The normalized spacial score (nSPS) is 28.7. The van der Waals surface area contributed by atoms with Crippen molar-refractivity contribution in [1.29, 1.82) is 0 Å². The zero-order chi connectivity index (χ0) is 64.5. The zero-order valence-corrected chi connectivity index (χ0v) is 53.1. The summed E-state index contributed by atoms with van der Waals surface area (Å²) in [5.41, 5.74) is 2.70. The molecule has 8 heterocycles. The second kappa shape index (κ2) is 30.2. The van der Waals surface area contributed by atoms with E-state index in [1.807, 2.05) is 36.1 Å². The number of cyclic esters (lactones) is 2. The van der Waals surface area contributed by atoms with Gasteiger partial charge < -0.3 is 60.0 Å². The number of thioether (sulfide) groups is 1. The van der Waals surface area contributed by atoms with Gasteiger partial charge in [-0.3, -0.25) is 43.3 Å². The molecular formula is C66H85FN10O13S. The van der Waals surface area contributed by atoms with Crippen LogP contribution in [0.3, 0.4) is 0 Å². The van der Waals surface area contributed by atoms with E-state index in [0.717, 1.165) is 43.6 Å². The fourth-order valence-corrected chi connectivity index (χ4v) is 15.1. The first kappa shape index (κ1) is 66.3. The number of piperidine rings is 4. The van der Waals surface area contributed by atoms with E-state index in [0.29, 0.717) is 61.0 Å². The van der Waals surface area contributed by atoms with Gasteiger partial charge in [0.25, 0.3) is 0 Å². The third-order valence-corrected chi connectivity index (χ3v) is 20.5. The van der Waals surface area contributed by atoms with Gasteiger partial charge in [-0.2, -0.15) is 11.8 Å². The molecule has 23 nitrogen and oxygen atoms in total. The van der Waals surface area contributed by atoms with Crippen LogP contribution in [0.2, 0.25) is 0 Å². The number of hydrogen-bond acceptors (Lipinski definition) is 16. The maximum atomic E-state index is 15.7. The summed E-state index contributed by atoms with van der Waals surface area (Å²) in [5, 5.41) is 11.3. The molecule has 25 heteroatoms. The van der Waals surface area contributed by atoms with E-state index in [1.54, 1.807) is 61.2 Å². The predicted octanol–water partition coefficient (Wildman–Crippen LogP) is 3.83. The molecule has 8 aliphatic rings. The molecule has 0 radical (unpaired) electrons. The van der Waals surface area contributed by atoms with Crippen LogP contribution in [0.15, 0.2) is 72.8 Å². The number of carbonyl (C=O) groups excluding carboxylic acids is 10. The van der Waals surface area contributed by atoms with E-state index >= 15 is 18.8 Å². The van der Waals surface area contributed by atoms with Crippen LogP contribution in [0.5, 0.6) is 0 Å². The van der Waals surface area contributed by atoms with Crippen LogP contribution in [0.4, 0.5) is 20.6 Å². The second-order valence-electron chi connectivity index (χ2n) is 25.1. The van der Waals surface area contributed by atoms with E-state index < -0.39 is 108 Å². The van der Waals surface area contributed by atoms with Crippen molar-refractivity contribution in [2.75, 3.05) is 94.7 Å². The molecule has 3 aromatic rings. The van der Waals surface area contributed by atoms with Gasteiger partial charge in [-0.1, -0.05) is 67.1 Å². The first-order valence-corrected chi connectivity index (χ1v) is 33.2. The summed E-state index contributed by atoms with van der Waals surface area (Å²) in [6.07, 6.45) is -0.0818. The standard InChI is InChI=1S/C66H85FN10O13S/c1-5-49-62(83)75-25-11-14-51(75)63(84)72(4)53(32-42-19-17-40(2)18-20-42)64(85)77-36-45(39-91-55-38-73-26-23-43(55)24-27-73)54(78)34-52(77)60(81)71-59(44-12-7-6-8-13-44)65(86)89-41(3)58(61(82)69-49)70-57(80)16-10-9-15-56(79)68-35-47-37-76(66(87)90-47)46-21-22-50(48(67)33-46)74-28-30-88-31-29-74/h6-8,12-13,17-22,33,41,43,45,47,49,51-53,55,58-59H,5,9-11,14-16,23-32,34-39H2,1-4H3,(H,68,79)(H,69,82)(H,70,80)(H,71,81)/t41-,45+,47+,49+,51+,52+,53+,55?,58+,59+/m1/s1. The summed E-state index contributed by atoms with van der Waals surface area (Å²) < 4.78 is 32.1. The molecule has 3 aromatic carbocycles. The number of Topliss-reactive ketones (excluding diaryl/α,β-unsaturated/α-hetero) is 1. The van der Waals surface area contributed by atoms with Gasteiger partial charge in [-0.25, -0.2) is 14.0 Å². The lowest BCUT2D eigenvalue weighted by atomic mass is 9.88. The number of amides is 8. The molecule has 1 unspecified atom stereocenters. The number of aryl methyl sites for hydroxylation is 1. The molecule has 8 fully saturated rings. The van der Waals surface area contributed by atoms with Gasteiger partial charge in [0.2, 0.25) is 41.4 Å². The molecular weight excluding hydrogens is 1190 g/mol. The Morgan fingerprint density at radius 3 is 2.18 bits per heavy atom. The molecule has 4 N–H and O–H groups in total. The second-order valence-corrected chi connectivity index (χ2v) is 26.4. The number of hydrogen-bond donors (Lipinski definition) is 4. The number of ether oxygens (including phenoxy) is 3. The summed E-state index contributed by atoms with van der Waals surface area (Å²) >= 11 is 1.73. The Labute approximate surface area is 534 Å². The third kappa shape index (κ3) is 16.0. The van der Waals surface area contributed by atoms with E-state index in [4.69, 9.17) is 14.2 Å². The van der Waals surface area contributed by atoms with Gasteiger partial charge >= 0.3 is 12.1 Å². The lowest BCUT2D eigenvalue weighted by molar-refractivity contribution is -0.158. The van der Waals surface area contributed by atoms with Crippen molar-refractivity contribution in [3.63, 3.8) is 0 Å². The average Bonchev–Trinajstić information content (AvgIpc) is 3.14. The number of rotatable bonds is 17. The molecule has 10 atom stereocenters. The van der Waals surface area contributed by atoms with Gasteiger partial charge in [0, 0.05) is 82.4 Å². The van der Waals surface area contributed by atoms with E-state index in [-0.39, 0.29) is 94.8 Å². The molecule has 91 heavy (non-hydrogen) atoms. The van der Waals surface area contributed by atoms with E-state index in [2.05, 4.69) is 26.2 Å². The number of halogens is 1. The van der Waals surface area contributed by atoms with Crippen molar-refractivity contribution in [2.24, 2.45) is 11.8 Å². The van der Waals surface area contributed by atoms with Gasteiger partial charge in [-0.15, -0.1) is 0 Å². The van der Waals surface area contributed by atoms with Crippen LogP contribution in [0, 0.1) is 24.6 Å². The zero-order valence-electron chi connectivity index (χ0n) is 52.3. The number of esters is 1. The third-order valence-electron chi connectivity index (χ3n) is 18.9. The summed E-state index contributed by atoms with van der Waals surface area (Å²) in [4.78, 5) is 154. The summed E-state index contributed by atoms with van der Waals surface area (Å²) in [6.45, 7) is 10.1. The number of anilines is 2. The molecule has 8 aliphatic heterocycles. The van der Waals surface area contributed by atoms with Crippen molar-refractivity contribution in [2.45, 2.75) is 145 Å². The highest BCUT2D eigenvalue weighted by molar-refractivity contribution is 8.00. The molecule has 0 aromatic heterocycles. The molecule has 0 spiro atoms. The number of carbonyl (C=O) groups is 10. The Hall–Kier alpha value is -7.64. The minimum absolute atomic E-state index is 0.0137. The summed E-state index contributed by atoms with van der Waals surface area (Å²) in [7, 11) is 1.51. The van der Waals surface area contributed by atoms with Crippen LogP contribution in [0.1, 0.15) is 101 Å². The van der Waals surface area contributed by atoms with Crippen molar-refractivity contribution >= 4 is 82.3 Å². The quantitative estimate of drug-likeness (QED) is 0.111. The van der Waals surface area contributed by atoms with Crippen LogP contribution in [0.25, 0.3) is 0 Å². The highest BCUT2D eigenvalue weighted by atomic mass is 32.2. The Kier molecular flexibility index (Phi) is 22.0. The number of benzene rings is 3. The Morgan fingerprint density at radius 2 is 1.48 bits per heavy atom. The Bertz CT molecular complexity index is 3170. The minimum atomic E-state index is -1.62. The molecule has 490 valence electrons. The summed E-state index contributed by atoms with van der Waals surface area (Å²) in [6, 6.07) is 12.2. The van der Waals surface area contributed by atoms with Crippen LogP contribution in [-0.4, -0.2) is 211 Å². The topological polar surface area (TPSA) is 266 Å². The van der Waals surface area contributed by atoms with Crippen LogP contribution < -0.4 is 31.1 Å². The van der Waals surface area contributed by atoms with Gasteiger partial charge in [0.15, 0.2) is 6.04 Å². The maximum Gasteiger partial charge on any atom is 0.414 e. The largest absolute Gasteiger partial charge is 0.458 e. The SMILES string of the molecule is CC[C@@H]1NC(=O)[C@@H](NC(=O)CCCCC(=O)NC[C@H]2CN(c3ccc(N4CCOCC4)c(F)c3)C(=O)O2)[C@@H](C)OC(=O)[C@H](c2ccccc2)NC(=O)[C@@H]2CC(=O)[C@H](CSC3CN4CCC3CC4)CN2C(=O)[C@H](Cc2ccc(C)cc2)N(C)C(=O)[C@@H]2CCCN2C1=O. The van der Waals surface area contributed by atoms with Crippen molar-refractivity contribution < 1.29 is 66.5 Å². The van der Waals surface area contributed by atoms with Crippen molar-refractivity contribution in [3.05, 3.63) is 95.3 Å². The van der Waals surface area contributed by atoms with Crippen LogP contribution >= 0.6 is 11.8 Å². The first-order chi connectivity index (χ1) is 43.8. The maximum absolute atomic E-state index is 15.7. The fraction of sp³-hybridized carbons (Fsp3) is 0.576. The number of fused-ring (bicyclic) bond motifs is 5. The van der Waals surface area contributed by atoms with Crippen molar-refractivity contribution in [3.8, 4) is 0 Å². The van der Waals surface area contributed by atoms with Gasteiger partial charge in [0.1, 0.15) is 54.0 Å². The van der Waals surface area contributed by atoms with E-state index in [9.17, 15) is 33.6 Å². The minimum Gasteiger partial charge on any atom is -0.458 e. The molecule has 11 rings (SSSR count). The van der Waals surface area contributed by atoms with Crippen LogP contribution in [-0.2, 0) is 63.8 Å². The summed E-state index contributed by atoms with van der Waals surface area (Å²) in [5.74, 6) is -5.86. The number of ketones is 1. The fourth-order valence-electron chi connectivity index (χ4n) is 13.5. The predicted molar refractivity (Wildman–Crippen MR) is 336 cm³/mol. The number of likely N-dealkylation sites (N-methyl/N-ethyl adjacent to an activating group) is 1. The number of nitrogens with one attached hydrogen (secondary N) is 4. The molecule has 8 saturated heterocycles. The Morgan fingerprint density at radius 1 is 0.758 bits per heavy atom. The van der Waals surface area contributed by atoms with Crippen molar-refractivity contribution in [1.82, 2.24) is 40.9 Å². The molecule has 0 aliphatic carbocycles. The molecule has 2 bridgehead atoms. The highest BCUT2D eigenvalue weighted by Crippen LogP contribution is 2.38. The van der Waals surface area contributed by atoms with Gasteiger partial charge in [0.05, 0.1) is 37.7 Å². The van der Waals surface area contributed by atoms with Gasteiger partial charge in [-0.05, 0) is 107 Å². The number of morpholine rings is 1. The average molecular weight is 1280 g/mol. The lowest BCUT2D eigenvalue weighted by Gasteiger charge is -2.45. The molecule has 8 amide bonds. The number of unbranched alkanes of at least 4 members (excludes halogenated alkanes) is 1. The Balaban J connectivity index is 0.849. The monoisotopic (exact) mass is 1280 g/mol. The lowest BCUT2D eigenvalue weighted by Crippen LogP contribution is -2.63. The first-order valence-electron chi connectivity index (χ1n) is 32.2. The highest BCUT2D eigenvalue weighted by Gasteiger charge is 2.48. The van der Waals surface area contributed by atoms with E-state index in [1.165, 1.54) is 39.6 Å². The number of nitrogens with zero attached hydrogens (tertiary/aromatic N) is 6.